The predicted molar refractivity (Wildman–Crippen MR) is 116 cm³/mol. The molecule has 1 aliphatic heterocycles. The third-order valence-electron chi connectivity index (χ3n) is 5.45. The largest absolute Gasteiger partial charge is 0.373 e. The number of piperidine rings is 1. The van der Waals surface area contributed by atoms with Crippen LogP contribution in [0.3, 0.4) is 0 Å². The van der Waals surface area contributed by atoms with Crippen LogP contribution in [0.1, 0.15) is 26.7 Å². The summed E-state index contributed by atoms with van der Waals surface area (Å²) < 4.78 is 0. The number of hydrogen-bond donors (Lipinski definition) is 3. The molecular formula is C22H28N6O. The van der Waals surface area contributed by atoms with Crippen molar-refractivity contribution >= 4 is 28.4 Å². The van der Waals surface area contributed by atoms with Crippen LogP contribution < -0.4 is 15.5 Å². The Morgan fingerprint density at radius 2 is 2.03 bits per heavy atom. The molecule has 0 spiro atoms. The Hall–Kier alpha value is -3.09. The first-order valence-electron chi connectivity index (χ1n) is 10.3. The van der Waals surface area contributed by atoms with Gasteiger partial charge in [-0.05, 0) is 37.0 Å². The molecule has 3 aromatic rings. The molecule has 0 unspecified atom stereocenters. The van der Waals surface area contributed by atoms with E-state index in [1.807, 2.05) is 42.6 Å². The molecule has 0 radical (unpaired) electrons. The van der Waals surface area contributed by atoms with Gasteiger partial charge >= 0.3 is 0 Å². The van der Waals surface area contributed by atoms with Crippen LogP contribution >= 0.6 is 0 Å². The van der Waals surface area contributed by atoms with Crippen molar-refractivity contribution in [2.75, 3.05) is 23.3 Å². The Morgan fingerprint density at radius 3 is 2.83 bits per heavy atom. The Kier molecular flexibility index (Phi) is 5.64. The topological polar surface area (TPSA) is 85.9 Å². The molecule has 0 bridgehead atoms. The van der Waals surface area contributed by atoms with Gasteiger partial charge in [0.05, 0.1) is 5.39 Å². The van der Waals surface area contributed by atoms with E-state index in [0.29, 0.717) is 0 Å². The van der Waals surface area contributed by atoms with Crippen molar-refractivity contribution in [1.82, 2.24) is 20.3 Å². The maximum Gasteiger partial charge on any atom is 0.243 e. The molecule has 2 atom stereocenters. The summed E-state index contributed by atoms with van der Waals surface area (Å²) in [5, 5.41) is 7.67. The number of carbonyl (C=O) groups is 1. The molecule has 0 saturated carbocycles. The number of aromatic amines is 1. The second-order valence-electron chi connectivity index (χ2n) is 7.96. The van der Waals surface area contributed by atoms with E-state index in [2.05, 4.69) is 44.3 Å². The summed E-state index contributed by atoms with van der Waals surface area (Å²) in [6.07, 6.45) is 5.46. The first-order valence-corrected chi connectivity index (χ1v) is 10.3. The average molecular weight is 393 g/mol. The molecule has 0 aliphatic carbocycles. The first-order chi connectivity index (χ1) is 14.1. The smallest absolute Gasteiger partial charge is 0.243 e. The molecule has 29 heavy (non-hydrogen) atoms. The summed E-state index contributed by atoms with van der Waals surface area (Å²) in [5.41, 5.74) is 1.80. The highest BCUT2D eigenvalue weighted by Crippen LogP contribution is 2.25. The number of anilines is 2. The fraction of sp³-hybridized carbons (Fsp3) is 0.409. The second kappa shape index (κ2) is 8.51. The normalized spacial score (nSPS) is 18.0. The number of nitrogens with one attached hydrogen (secondary N) is 3. The van der Waals surface area contributed by atoms with Crippen molar-refractivity contribution in [3.8, 4) is 0 Å². The van der Waals surface area contributed by atoms with E-state index in [1.54, 1.807) is 6.33 Å². The fourth-order valence-electron chi connectivity index (χ4n) is 3.94. The summed E-state index contributed by atoms with van der Waals surface area (Å²) in [6.45, 7) is 5.81. The van der Waals surface area contributed by atoms with Crippen LogP contribution in [-0.2, 0) is 4.79 Å². The molecule has 2 aromatic heterocycles. The minimum absolute atomic E-state index is 0.0465. The minimum atomic E-state index is -0.275. The number of hydrogen-bond acceptors (Lipinski definition) is 5. The highest BCUT2D eigenvalue weighted by molar-refractivity contribution is 5.87. The van der Waals surface area contributed by atoms with Gasteiger partial charge in [0.1, 0.15) is 23.8 Å². The van der Waals surface area contributed by atoms with Crippen LogP contribution in [0, 0.1) is 5.92 Å². The lowest BCUT2D eigenvalue weighted by molar-refractivity contribution is -0.123. The van der Waals surface area contributed by atoms with Crippen molar-refractivity contribution in [3.63, 3.8) is 0 Å². The van der Waals surface area contributed by atoms with Crippen LogP contribution in [0.15, 0.2) is 48.9 Å². The molecule has 152 valence electrons. The van der Waals surface area contributed by atoms with Gasteiger partial charge < -0.3 is 20.5 Å². The van der Waals surface area contributed by atoms with Crippen LogP contribution in [0.2, 0.25) is 0 Å². The van der Waals surface area contributed by atoms with E-state index in [0.717, 1.165) is 48.5 Å². The minimum Gasteiger partial charge on any atom is -0.373 e. The molecule has 1 amide bonds. The third kappa shape index (κ3) is 4.34. The molecule has 1 aliphatic rings. The van der Waals surface area contributed by atoms with Crippen molar-refractivity contribution in [3.05, 3.63) is 48.9 Å². The van der Waals surface area contributed by atoms with Gasteiger partial charge in [-0.25, -0.2) is 9.97 Å². The molecule has 1 saturated heterocycles. The first kappa shape index (κ1) is 19.2. The number of fused-ring (bicyclic) bond motifs is 1. The number of benzene rings is 1. The number of nitrogens with zero attached hydrogens (tertiary/aromatic N) is 3. The Labute approximate surface area is 170 Å². The van der Waals surface area contributed by atoms with E-state index in [4.69, 9.17) is 0 Å². The van der Waals surface area contributed by atoms with Crippen LogP contribution in [-0.4, -0.2) is 46.0 Å². The lowest BCUT2D eigenvalue weighted by Crippen LogP contribution is -2.52. The molecule has 7 heteroatoms. The zero-order valence-corrected chi connectivity index (χ0v) is 16.9. The van der Waals surface area contributed by atoms with Gasteiger partial charge in [-0.3, -0.25) is 4.79 Å². The number of amides is 1. The summed E-state index contributed by atoms with van der Waals surface area (Å²) in [6, 6.07) is 11.7. The average Bonchev–Trinajstić information content (AvgIpc) is 3.21. The van der Waals surface area contributed by atoms with Gasteiger partial charge in [0.2, 0.25) is 5.91 Å². The molecule has 3 heterocycles. The Morgan fingerprint density at radius 1 is 1.21 bits per heavy atom. The molecule has 1 fully saturated rings. The van der Waals surface area contributed by atoms with Crippen LogP contribution in [0.25, 0.3) is 11.0 Å². The predicted octanol–water partition coefficient (Wildman–Crippen LogP) is 3.18. The molecule has 7 nitrogen and oxygen atoms in total. The lowest BCUT2D eigenvalue weighted by Gasteiger charge is -2.35. The van der Waals surface area contributed by atoms with Gasteiger partial charge in [-0.15, -0.1) is 0 Å². The Bertz CT molecular complexity index is 954. The molecule has 3 N–H and O–H groups in total. The highest BCUT2D eigenvalue weighted by Gasteiger charge is 2.28. The summed E-state index contributed by atoms with van der Waals surface area (Å²) in [7, 11) is 0. The summed E-state index contributed by atoms with van der Waals surface area (Å²) in [5.74, 6) is 1.15. The van der Waals surface area contributed by atoms with Crippen molar-refractivity contribution in [2.24, 2.45) is 5.92 Å². The monoisotopic (exact) mass is 392 g/mol. The Balaban J connectivity index is 1.44. The quantitative estimate of drug-likeness (QED) is 0.600. The molecular weight excluding hydrogens is 364 g/mol. The van der Waals surface area contributed by atoms with Crippen molar-refractivity contribution in [1.29, 1.82) is 0 Å². The maximum absolute atomic E-state index is 13.0. The summed E-state index contributed by atoms with van der Waals surface area (Å²) >= 11 is 0. The van der Waals surface area contributed by atoms with Crippen LogP contribution in [0.5, 0.6) is 0 Å². The standard InChI is InChI=1S/C22H28N6O/c1-15(2)19(26-16-7-4-3-5-8-16)22(29)27-17-9-6-12-28(13-17)21-18-10-11-23-20(18)24-14-25-21/h3-5,7-8,10-11,14-15,17,19,26H,6,9,12-13H2,1-2H3,(H,27,29)(H,23,24,25)/t17-,19-/m1/s1. The van der Waals surface area contributed by atoms with Gasteiger partial charge in [0, 0.05) is 31.0 Å². The van der Waals surface area contributed by atoms with E-state index >= 15 is 0 Å². The van der Waals surface area contributed by atoms with E-state index in [1.165, 1.54) is 0 Å². The van der Waals surface area contributed by atoms with E-state index < -0.39 is 0 Å². The van der Waals surface area contributed by atoms with Gasteiger partial charge in [-0.1, -0.05) is 32.0 Å². The van der Waals surface area contributed by atoms with Gasteiger partial charge in [-0.2, -0.15) is 0 Å². The van der Waals surface area contributed by atoms with Gasteiger partial charge in [0.15, 0.2) is 0 Å². The summed E-state index contributed by atoms with van der Waals surface area (Å²) in [4.78, 5) is 27.2. The zero-order chi connectivity index (χ0) is 20.2. The number of H-pyrrole nitrogens is 1. The molecule has 4 rings (SSSR count). The number of para-hydroxylation sites is 1. The molecule has 1 aromatic carbocycles. The number of carbonyl (C=O) groups excluding carboxylic acids is 1. The fourth-order valence-corrected chi connectivity index (χ4v) is 3.94. The van der Waals surface area contributed by atoms with Crippen LogP contribution in [0.4, 0.5) is 11.5 Å². The van der Waals surface area contributed by atoms with Gasteiger partial charge in [0.25, 0.3) is 0 Å². The zero-order valence-electron chi connectivity index (χ0n) is 16.9. The number of aromatic nitrogens is 3. The highest BCUT2D eigenvalue weighted by atomic mass is 16.2. The van der Waals surface area contributed by atoms with E-state index in [9.17, 15) is 4.79 Å². The number of rotatable bonds is 6. The SMILES string of the molecule is CC(C)[C@@H](Nc1ccccc1)C(=O)N[C@@H]1CCCN(c2ncnc3[nH]ccc23)C1. The van der Waals surface area contributed by atoms with Crippen molar-refractivity contribution in [2.45, 2.75) is 38.8 Å². The van der Waals surface area contributed by atoms with E-state index in [-0.39, 0.29) is 23.9 Å². The third-order valence-corrected chi connectivity index (χ3v) is 5.45. The second-order valence-corrected chi connectivity index (χ2v) is 7.96. The lowest BCUT2D eigenvalue weighted by atomic mass is 10.0. The van der Waals surface area contributed by atoms with Crippen molar-refractivity contribution < 1.29 is 4.79 Å². The maximum atomic E-state index is 13.0.